The highest BCUT2D eigenvalue weighted by atomic mass is 14.2. The summed E-state index contributed by atoms with van der Waals surface area (Å²) in [5, 5.41) is 0. The molecule has 2 aromatic carbocycles. The summed E-state index contributed by atoms with van der Waals surface area (Å²) in [5.41, 5.74) is 7.01. The van der Waals surface area contributed by atoms with Gasteiger partial charge in [0.05, 0.1) is 0 Å². The van der Waals surface area contributed by atoms with Gasteiger partial charge in [0.15, 0.2) is 0 Å². The van der Waals surface area contributed by atoms with Crippen molar-refractivity contribution in [1.29, 1.82) is 0 Å². The Labute approximate surface area is 123 Å². The van der Waals surface area contributed by atoms with Crippen LogP contribution in [0.1, 0.15) is 49.1 Å². The lowest BCUT2D eigenvalue weighted by atomic mass is 9.82. The van der Waals surface area contributed by atoms with E-state index < -0.39 is 0 Å². The average molecular weight is 262 g/mol. The maximum atomic E-state index is 2.42. The minimum Gasteiger partial charge on any atom is -0.0889 e. The SMILES string of the molecule is Bc1ccc(-c2ccc(C3CCCCC3)cc2C)cc1. The lowest BCUT2D eigenvalue weighted by molar-refractivity contribution is 0.443. The van der Waals surface area contributed by atoms with Gasteiger partial charge in [-0.15, -0.1) is 0 Å². The molecule has 20 heavy (non-hydrogen) atoms. The normalized spacial score (nSPS) is 16.2. The number of hydrogen-bond acceptors (Lipinski definition) is 0. The smallest absolute Gasteiger partial charge is 0.0889 e. The maximum absolute atomic E-state index is 2.42. The van der Waals surface area contributed by atoms with Crippen molar-refractivity contribution in [3.63, 3.8) is 0 Å². The molecular weight excluding hydrogens is 239 g/mol. The molecule has 0 radical (unpaired) electrons. The van der Waals surface area contributed by atoms with Crippen LogP contribution in [0, 0.1) is 6.92 Å². The molecule has 0 saturated heterocycles. The Morgan fingerprint density at radius 1 is 0.900 bits per heavy atom. The first-order valence-corrected chi connectivity index (χ1v) is 7.91. The van der Waals surface area contributed by atoms with Crippen molar-refractivity contribution in [2.75, 3.05) is 0 Å². The zero-order valence-corrected chi connectivity index (χ0v) is 12.7. The van der Waals surface area contributed by atoms with Crippen molar-refractivity contribution >= 4 is 13.3 Å². The molecule has 0 spiro atoms. The molecule has 2 aromatic rings. The molecule has 0 nitrogen and oxygen atoms in total. The molecule has 0 unspecified atom stereocenters. The molecule has 0 aromatic heterocycles. The zero-order valence-electron chi connectivity index (χ0n) is 12.7. The largest absolute Gasteiger partial charge is 0.139 e. The van der Waals surface area contributed by atoms with E-state index in [1.165, 1.54) is 54.3 Å². The van der Waals surface area contributed by atoms with Crippen LogP contribution in [-0.2, 0) is 0 Å². The van der Waals surface area contributed by atoms with Gasteiger partial charge in [-0.1, -0.05) is 67.2 Å². The first-order chi connectivity index (χ1) is 9.74. The maximum Gasteiger partial charge on any atom is 0.139 e. The second kappa shape index (κ2) is 5.87. The molecule has 1 saturated carbocycles. The van der Waals surface area contributed by atoms with Gasteiger partial charge in [0, 0.05) is 0 Å². The Bertz CT molecular complexity index is 577. The highest BCUT2D eigenvalue weighted by Crippen LogP contribution is 2.34. The van der Waals surface area contributed by atoms with Crippen molar-refractivity contribution < 1.29 is 0 Å². The number of aryl methyl sites for hydroxylation is 1. The molecule has 0 atom stereocenters. The molecule has 1 aliphatic rings. The summed E-state index contributed by atoms with van der Waals surface area (Å²) in [7, 11) is 2.14. The molecule has 1 aliphatic carbocycles. The van der Waals surface area contributed by atoms with Crippen LogP contribution in [-0.4, -0.2) is 7.85 Å². The Kier molecular flexibility index (Phi) is 3.96. The first kappa shape index (κ1) is 13.5. The van der Waals surface area contributed by atoms with Crippen LogP contribution in [0.15, 0.2) is 42.5 Å². The fourth-order valence-corrected chi connectivity index (χ4v) is 3.43. The number of rotatable bonds is 2. The summed E-state index contributed by atoms with van der Waals surface area (Å²) in [6, 6.07) is 16.0. The fraction of sp³-hybridized carbons (Fsp3) is 0.368. The zero-order chi connectivity index (χ0) is 13.9. The van der Waals surface area contributed by atoms with E-state index in [-0.39, 0.29) is 0 Å². The van der Waals surface area contributed by atoms with Gasteiger partial charge in [-0.3, -0.25) is 0 Å². The van der Waals surface area contributed by atoms with Gasteiger partial charge >= 0.3 is 0 Å². The molecule has 3 rings (SSSR count). The highest BCUT2D eigenvalue weighted by Gasteiger charge is 2.16. The van der Waals surface area contributed by atoms with E-state index >= 15 is 0 Å². The van der Waals surface area contributed by atoms with E-state index in [0.29, 0.717) is 0 Å². The molecule has 0 N–H and O–H groups in total. The van der Waals surface area contributed by atoms with Crippen molar-refractivity contribution in [3.05, 3.63) is 53.6 Å². The van der Waals surface area contributed by atoms with Gasteiger partial charge in [0.25, 0.3) is 0 Å². The summed E-state index contributed by atoms with van der Waals surface area (Å²) < 4.78 is 0. The lowest BCUT2D eigenvalue weighted by Crippen LogP contribution is -2.05. The van der Waals surface area contributed by atoms with Gasteiger partial charge in [-0.25, -0.2) is 0 Å². The summed E-state index contributed by atoms with van der Waals surface area (Å²) in [6.45, 7) is 2.25. The van der Waals surface area contributed by atoms with Gasteiger partial charge in [0.1, 0.15) is 7.85 Å². The van der Waals surface area contributed by atoms with Crippen LogP contribution < -0.4 is 5.46 Å². The summed E-state index contributed by atoms with van der Waals surface area (Å²) in [4.78, 5) is 0. The third-order valence-corrected chi connectivity index (χ3v) is 4.69. The minimum atomic E-state index is 0.800. The highest BCUT2D eigenvalue weighted by molar-refractivity contribution is 6.32. The quantitative estimate of drug-likeness (QED) is 0.718. The Morgan fingerprint density at radius 2 is 1.60 bits per heavy atom. The molecule has 102 valence electrons. The third-order valence-electron chi connectivity index (χ3n) is 4.69. The van der Waals surface area contributed by atoms with Crippen LogP contribution in [0.4, 0.5) is 0 Å². The molecule has 1 heteroatoms. The van der Waals surface area contributed by atoms with E-state index in [0.717, 1.165) is 5.92 Å². The van der Waals surface area contributed by atoms with Gasteiger partial charge < -0.3 is 0 Å². The van der Waals surface area contributed by atoms with Gasteiger partial charge in [0.2, 0.25) is 0 Å². The van der Waals surface area contributed by atoms with E-state index in [9.17, 15) is 0 Å². The lowest BCUT2D eigenvalue weighted by Gasteiger charge is -2.23. The molecular formula is C19H23B. The third kappa shape index (κ3) is 2.82. The Morgan fingerprint density at radius 3 is 2.25 bits per heavy atom. The molecule has 1 fully saturated rings. The predicted octanol–water partition coefficient (Wildman–Crippen LogP) is 3.97. The average Bonchev–Trinajstić information content (AvgIpc) is 2.49. The van der Waals surface area contributed by atoms with Crippen LogP contribution in [0.2, 0.25) is 0 Å². The van der Waals surface area contributed by atoms with Crippen LogP contribution in [0.3, 0.4) is 0 Å². The van der Waals surface area contributed by atoms with E-state index in [4.69, 9.17) is 0 Å². The van der Waals surface area contributed by atoms with Crippen molar-refractivity contribution in [1.82, 2.24) is 0 Å². The molecule has 0 bridgehead atoms. The van der Waals surface area contributed by atoms with Gasteiger partial charge in [-0.2, -0.15) is 0 Å². The van der Waals surface area contributed by atoms with Crippen molar-refractivity contribution in [3.8, 4) is 11.1 Å². The van der Waals surface area contributed by atoms with Crippen molar-refractivity contribution in [2.24, 2.45) is 0 Å². The summed E-state index contributed by atoms with van der Waals surface area (Å²) >= 11 is 0. The molecule has 0 amide bonds. The standard InChI is InChI=1S/C19H23B/c1-14-13-17(15-5-3-2-4-6-15)9-12-19(14)16-7-10-18(20)11-8-16/h7-13,15H,2-6,20H2,1H3. The molecule has 0 heterocycles. The number of hydrogen-bond donors (Lipinski definition) is 0. The van der Waals surface area contributed by atoms with Crippen molar-refractivity contribution in [2.45, 2.75) is 44.9 Å². The molecule has 0 aliphatic heterocycles. The monoisotopic (exact) mass is 262 g/mol. The Hall–Kier alpha value is -1.50. The summed E-state index contributed by atoms with van der Waals surface area (Å²) in [5.74, 6) is 0.800. The van der Waals surface area contributed by atoms with Crippen LogP contribution >= 0.6 is 0 Å². The second-order valence-electron chi connectivity index (χ2n) is 6.28. The Balaban J connectivity index is 1.88. The van der Waals surface area contributed by atoms with Gasteiger partial charge in [-0.05, 0) is 47.9 Å². The van der Waals surface area contributed by atoms with Crippen LogP contribution in [0.25, 0.3) is 11.1 Å². The van der Waals surface area contributed by atoms with E-state index in [2.05, 4.69) is 57.2 Å². The topological polar surface area (TPSA) is 0 Å². The van der Waals surface area contributed by atoms with Crippen LogP contribution in [0.5, 0.6) is 0 Å². The van der Waals surface area contributed by atoms with E-state index in [1.807, 2.05) is 0 Å². The minimum absolute atomic E-state index is 0.800. The predicted molar refractivity (Wildman–Crippen MR) is 90.6 cm³/mol. The summed E-state index contributed by atoms with van der Waals surface area (Å²) in [6.07, 6.45) is 7.00. The first-order valence-electron chi connectivity index (χ1n) is 7.91. The number of benzene rings is 2. The fourth-order valence-electron chi connectivity index (χ4n) is 3.43. The second-order valence-corrected chi connectivity index (χ2v) is 6.28. The van der Waals surface area contributed by atoms with E-state index in [1.54, 1.807) is 5.56 Å².